The van der Waals surface area contributed by atoms with Crippen molar-refractivity contribution in [3.8, 4) is 11.3 Å². The molecular formula is C30H33N3O3. The van der Waals surface area contributed by atoms with E-state index in [0.29, 0.717) is 18.1 Å². The predicted octanol–water partition coefficient (Wildman–Crippen LogP) is 5.76. The number of rotatable bonds is 5. The molecule has 6 heteroatoms. The molecule has 1 saturated carbocycles. The molecule has 2 aliphatic carbocycles. The predicted molar refractivity (Wildman–Crippen MR) is 138 cm³/mol. The van der Waals surface area contributed by atoms with Gasteiger partial charge in [0, 0.05) is 36.7 Å². The second-order valence-electron chi connectivity index (χ2n) is 11.5. The van der Waals surface area contributed by atoms with E-state index in [1.165, 1.54) is 17.5 Å². The van der Waals surface area contributed by atoms with Crippen LogP contribution in [-0.4, -0.2) is 34.8 Å². The van der Waals surface area contributed by atoms with Gasteiger partial charge in [-0.25, -0.2) is 4.98 Å². The number of fused-ring (bicyclic) bond motifs is 2. The molecule has 186 valence electrons. The first kappa shape index (κ1) is 23.0. The maximum absolute atomic E-state index is 13.1. The Morgan fingerprint density at radius 3 is 2.58 bits per heavy atom. The second kappa shape index (κ2) is 8.61. The highest BCUT2D eigenvalue weighted by molar-refractivity contribution is 5.92. The summed E-state index contributed by atoms with van der Waals surface area (Å²) in [6.07, 6.45) is 7.44. The number of hydrogen-bond donors (Lipinski definition) is 1. The number of hydrogen-bond acceptors (Lipinski definition) is 4. The minimum absolute atomic E-state index is 0.0187. The zero-order valence-corrected chi connectivity index (χ0v) is 21.0. The zero-order valence-electron chi connectivity index (χ0n) is 21.0. The highest BCUT2D eigenvalue weighted by atomic mass is 16.3. The van der Waals surface area contributed by atoms with Gasteiger partial charge in [-0.1, -0.05) is 50.2 Å². The lowest BCUT2D eigenvalue weighted by molar-refractivity contribution is -0.135. The summed E-state index contributed by atoms with van der Waals surface area (Å²) in [5, 5.41) is 3.09. The molecule has 1 aliphatic heterocycles. The number of carbonyl (C=O) groups excluding carboxylic acids is 2. The van der Waals surface area contributed by atoms with E-state index in [1.807, 2.05) is 24.3 Å². The first-order valence-electron chi connectivity index (χ1n) is 13.0. The Labute approximate surface area is 212 Å². The molecule has 2 fully saturated rings. The summed E-state index contributed by atoms with van der Waals surface area (Å²) < 4.78 is 5.39. The molecule has 1 spiro atoms. The molecule has 0 radical (unpaired) electrons. The molecule has 6 nitrogen and oxygen atoms in total. The number of oxazole rings is 1. The number of anilines is 1. The van der Waals surface area contributed by atoms with Crippen molar-refractivity contribution >= 4 is 17.5 Å². The molecule has 2 aromatic carbocycles. The van der Waals surface area contributed by atoms with Crippen LogP contribution in [0.15, 0.2) is 65.5 Å². The number of nitrogens with zero attached hydrogens (tertiary/aromatic N) is 2. The van der Waals surface area contributed by atoms with Crippen LogP contribution in [0.3, 0.4) is 0 Å². The van der Waals surface area contributed by atoms with Crippen LogP contribution >= 0.6 is 0 Å². The Balaban J connectivity index is 1.14. The molecule has 2 atom stereocenters. The number of nitrogens with one attached hydrogen (secondary N) is 1. The molecule has 1 N–H and O–H groups in total. The number of benzene rings is 2. The van der Waals surface area contributed by atoms with Crippen molar-refractivity contribution in [1.29, 1.82) is 0 Å². The first-order valence-corrected chi connectivity index (χ1v) is 13.0. The van der Waals surface area contributed by atoms with Crippen LogP contribution < -0.4 is 5.32 Å². The van der Waals surface area contributed by atoms with Crippen LogP contribution in [0.5, 0.6) is 0 Å². The van der Waals surface area contributed by atoms with Gasteiger partial charge in [0.1, 0.15) is 0 Å². The van der Waals surface area contributed by atoms with E-state index in [-0.39, 0.29) is 28.6 Å². The monoisotopic (exact) mass is 483 g/mol. The first-order chi connectivity index (χ1) is 17.3. The van der Waals surface area contributed by atoms with Gasteiger partial charge < -0.3 is 14.6 Å². The Morgan fingerprint density at radius 1 is 1.08 bits per heavy atom. The van der Waals surface area contributed by atoms with Gasteiger partial charge in [-0.15, -0.1) is 0 Å². The van der Waals surface area contributed by atoms with Crippen molar-refractivity contribution in [3.63, 3.8) is 0 Å². The molecule has 6 rings (SSSR count). The smallest absolute Gasteiger partial charge is 0.226 e. The van der Waals surface area contributed by atoms with Gasteiger partial charge in [0.05, 0.1) is 6.20 Å². The van der Waals surface area contributed by atoms with E-state index in [4.69, 9.17) is 4.42 Å². The maximum atomic E-state index is 13.1. The summed E-state index contributed by atoms with van der Waals surface area (Å²) in [7, 11) is 0. The van der Waals surface area contributed by atoms with Crippen LogP contribution in [0.4, 0.5) is 5.69 Å². The lowest BCUT2D eigenvalue weighted by Crippen LogP contribution is -2.45. The molecule has 36 heavy (non-hydrogen) atoms. The SMILES string of the molecule is CC1(C)CC1C(=O)N1CCC2(CC1)CC(CC(=O)Nc1cccc(-c3cnco3)c1)c1ccccc12. The van der Waals surface area contributed by atoms with Crippen molar-refractivity contribution in [2.24, 2.45) is 11.3 Å². The Morgan fingerprint density at radius 2 is 1.86 bits per heavy atom. The van der Waals surface area contributed by atoms with Crippen LogP contribution in [-0.2, 0) is 15.0 Å². The number of piperidine rings is 1. The van der Waals surface area contributed by atoms with Crippen LogP contribution in [0.25, 0.3) is 11.3 Å². The van der Waals surface area contributed by atoms with E-state index >= 15 is 0 Å². The molecule has 2 unspecified atom stereocenters. The molecular weight excluding hydrogens is 450 g/mol. The Kier molecular flexibility index (Phi) is 5.51. The summed E-state index contributed by atoms with van der Waals surface area (Å²) in [4.78, 5) is 32.2. The average Bonchev–Trinajstić information content (AvgIpc) is 3.20. The molecule has 2 amide bonds. The van der Waals surface area contributed by atoms with Crippen molar-refractivity contribution in [2.75, 3.05) is 18.4 Å². The summed E-state index contributed by atoms with van der Waals surface area (Å²) in [6.45, 7) is 6.00. The third-order valence-corrected chi connectivity index (χ3v) is 8.75. The third kappa shape index (κ3) is 4.12. The standard InChI is InChI=1S/C30H33N3O3/c1-29(2)17-25(29)28(35)33-12-10-30(11-13-33)16-21(23-8-3-4-9-24(23)30)15-27(34)32-22-7-5-6-20(14-22)26-18-31-19-36-26/h3-9,14,18-19,21,25H,10-13,15-17H2,1-2H3,(H,32,34). The van der Waals surface area contributed by atoms with Gasteiger partial charge in [-0.2, -0.15) is 0 Å². The molecule has 0 bridgehead atoms. The topological polar surface area (TPSA) is 75.4 Å². The summed E-state index contributed by atoms with van der Waals surface area (Å²) in [6, 6.07) is 16.3. The zero-order chi connectivity index (χ0) is 24.9. The molecule has 1 saturated heterocycles. The van der Waals surface area contributed by atoms with E-state index in [9.17, 15) is 9.59 Å². The highest BCUT2D eigenvalue weighted by Gasteiger charge is 2.53. The van der Waals surface area contributed by atoms with Crippen molar-refractivity contribution in [2.45, 2.75) is 57.3 Å². The molecule has 2 heterocycles. The Bertz CT molecular complexity index is 1290. The summed E-state index contributed by atoms with van der Waals surface area (Å²) >= 11 is 0. The molecule has 3 aromatic rings. The van der Waals surface area contributed by atoms with Gasteiger partial charge in [-0.05, 0) is 65.7 Å². The van der Waals surface area contributed by atoms with E-state index in [2.05, 4.69) is 53.3 Å². The highest BCUT2D eigenvalue weighted by Crippen LogP contribution is 2.55. The second-order valence-corrected chi connectivity index (χ2v) is 11.5. The van der Waals surface area contributed by atoms with Gasteiger partial charge in [0.25, 0.3) is 0 Å². The van der Waals surface area contributed by atoms with Crippen LogP contribution in [0, 0.1) is 11.3 Å². The number of carbonyl (C=O) groups is 2. The normalized spacial score (nSPS) is 23.3. The minimum atomic E-state index is 0.0187. The third-order valence-electron chi connectivity index (χ3n) is 8.75. The van der Waals surface area contributed by atoms with E-state index in [0.717, 1.165) is 50.0 Å². The fourth-order valence-corrected chi connectivity index (χ4v) is 6.49. The Hall–Kier alpha value is -3.41. The van der Waals surface area contributed by atoms with Gasteiger partial charge >= 0.3 is 0 Å². The summed E-state index contributed by atoms with van der Waals surface area (Å²) in [5.41, 5.74) is 4.54. The quantitative estimate of drug-likeness (QED) is 0.500. The number of amides is 2. The largest absolute Gasteiger partial charge is 0.444 e. The van der Waals surface area contributed by atoms with Crippen LogP contribution in [0.2, 0.25) is 0 Å². The average molecular weight is 484 g/mol. The van der Waals surface area contributed by atoms with Gasteiger partial charge in [0.2, 0.25) is 11.8 Å². The fraction of sp³-hybridized carbons (Fsp3) is 0.433. The van der Waals surface area contributed by atoms with Crippen molar-refractivity contribution < 1.29 is 14.0 Å². The van der Waals surface area contributed by atoms with Crippen molar-refractivity contribution in [3.05, 3.63) is 72.2 Å². The van der Waals surface area contributed by atoms with Crippen molar-refractivity contribution in [1.82, 2.24) is 9.88 Å². The maximum Gasteiger partial charge on any atom is 0.226 e. The van der Waals surface area contributed by atoms with Gasteiger partial charge in [-0.3, -0.25) is 9.59 Å². The molecule has 3 aliphatic rings. The lowest BCUT2D eigenvalue weighted by atomic mass is 9.73. The van der Waals surface area contributed by atoms with E-state index < -0.39 is 0 Å². The molecule has 1 aromatic heterocycles. The lowest BCUT2D eigenvalue weighted by Gasteiger charge is -2.40. The van der Waals surface area contributed by atoms with Crippen LogP contribution in [0.1, 0.15) is 63.0 Å². The number of likely N-dealkylation sites (tertiary alicyclic amines) is 1. The summed E-state index contributed by atoms with van der Waals surface area (Å²) in [5.74, 6) is 1.41. The fourth-order valence-electron chi connectivity index (χ4n) is 6.49. The minimum Gasteiger partial charge on any atom is -0.444 e. The van der Waals surface area contributed by atoms with E-state index in [1.54, 1.807) is 6.20 Å². The van der Waals surface area contributed by atoms with Gasteiger partial charge in [0.15, 0.2) is 12.2 Å². The number of aromatic nitrogens is 1.